The predicted octanol–water partition coefficient (Wildman–Crippen LogP) is 5.03. The van der Waals surface area contributed by atoms with E-state index in [0.717, 1.165) is 6.42 Å². The quantitative estimate of drug-likeness (QED) is 0.230. The molecule has 118 valence electrons. The van der Waals surface area contributed by atoms with Gasteiger partial charge in [-0.05, 0) is 38.7 Å². The van der Waals surface area contributed by atoms with Crippen LogP contribution in [0.15, 0.2) is 36.5 Å². The van der Waals surface area contributed by atoms with Crippen molar-refractivity contribution >= 4 is 0 Å². The third kappa shape index (κ3) is 14.9. The molecule has 2 nitrogen and oxygen atoms in total. The van der Waals surface area contributed by atoms with Crippen molar-refractivity contribution in [3.8, 4) is 11.8 Å². The predicted molar refractivity (Wildman–Crippen MR) is 91.0 cm³/mol. The molecule has 0 amide bonds. The van der Waals surface area contributed by atoms with Crippen LogP contribution in [0, 0.1) is 11.8 Å². The lowest BCUT2D eigenvalue weighted by Crippen LogP contribution is -2.14. The lowest BCUT2D eigenvalue weighted by molar-refractivity contribution is -0.0969. The molecule has 0 aliphatic rings. The number of unbranched alkanes of at least 4 members (excludes halogenated alkanes) is 4. The smallest absolute Gasteiger partial charge is 0.222 e. The molecule has 0 bridgehead atoms. The van der Waals surface area contributed by atoms with Gasteiger partial charge in [-0.2, -0.15) is 0 Å². The average Bonchev–Trinajstić information content (AvgIpc) is 2.48. The molecule has 2 heteroatoms. The van der Waals surface area contributed by atoms with Crippen LogP contribution in [0.5, 0.6) is 0 Å². The molecule has 0 aliphatic carbocycles. The normalized spacial score (nSPS) is 11.8. The lowest BCUT2D eigenvalue weighted by atomic mass is 10.1. The number of rotatable bonds is 11. The standard InChI is InChI=1S/C19H30O2/c1-4-7-8-9-10-11-12-13-14-15-16-17-18-19(20-5-2)21-6-3/h11-16,19H,4-10H2,1-3H3. The summed E-state index contributed by atoms with van der Waals surface area (Å²) in [5.41, 5.74) is 0. The molecule has 0 rings (SSSR count). The summed E-state index contributed by atoms with van der Waals surface area (Å²) < 4.78 is 10.6. The van der Waals surface area contributed by atoms with Crippen molar-refractivity contribution in [2.45, 2.75) is 59.2 Å². The average molecular weight is 290 g/mol. The second-order valence-electron chi connectivity index (χ2n) is 4.55. The van der Waals surface area contributed by atoms with E-state index in [1.165, 1.54) is 25.7 Å². The van der Waals surface area contributed by atoms with E-state index < -0.39 is 6.29 Å². The van der Waals surface area contributed by atoms with Crippen LogP contribution in [0.3, 0.4) is 0 Å². The first-order valence-electron chi connectivity index (χ1n) is 8.07. The molecule has 0 aromatic carbocycles. The van der Waals surface area contributed by atoms with Crippen molar-refractivity contribution in [2.75, 3.05) is 13.2 Å². The summed E-state index contributed by atoms with van der Waals surface area (Å²) in [7, 11) is 0. The van der Waals surface area contributed by atoms with Crippen LogP contribution < -0.4 is 0 Å². The maximum absolute atomic E-state index is 5.32. The Morgan fingerprint density at radius 3 is 2.24 bits per heavy atom. The molecule has 0 atom stereocenters. The highest BCUT2D eigenvalue weighted by Crippen LogP contribution is 2.02. The molecule has 21 heavy (non-hydrogen) atoms. The molecular formula is C19H30O2. The van der Waals surface area contributed by atoms with Gasteiger partial charge in [0.25, 0.3) is 0 Å². The second kappa shape index (κ2) is 16.8. The summed E-state index contributed by atoms with van der Waals surface area (Å²) in [5.74, 6) is 5.84. The fraction of sp³-hybridized carbons (Fsp3) is 0.579. The number of ether oxygens (including phenoxy) is 2. The monoisotopic (exact) mass is 290 g/mol. The summed E-state index contributed by atoms with van der Waals surface area (Å²) in [6.45, 7) is 7.30. The van der Waals surface area contributed by atoms with Crippen LogP contribution >= 0.6 is 0 Å². The van der Waals surface area contributed by atoms with Crippen molar-refractivity contribution in [1.29, 1.82) is 0 Å². The van der Waals surface area contributed by atoms with Gasteiger partial charge in [-0.3, -0.25) is 0 Å². The minimum Gasteiger partial charge on any atom is -0.342 e. The zero-order chi connectivity index (χ0) is 15.6. The third-order valence-corrected chi connectivity index (χ3v) is 2.71. The first-order chi connectivity index (χ1) is 10.3. The molecule has 0 radical (unpaired) electrons. The van der Waals surface area contributed by atoms with Gasteiger partial charge in [-0.1, -0.05) is 62.5 Å². The number of hydrogen-bond acceptors (Lipinski definition) is 2. The Morgan fingerprint density at radius 2 is 1.57 bits per heavy atom. The van der Waals surface area contributed by atoms with Gasteiger partial charge >= 0.3 is 0 Å². The molecule has 0 saturated carbocycles. The highest BCUT2D eigenvalue weighted by atomic mass is 16.7. The summed E-state index contributed by atoms with van der Waals surface area (Å²) in [5, 5.41) is 0. The van der Waals surface area contributed by atoms with Crippen molar-refractivity contribution < 1.29 is 9.47 Å². The largest absolute Gasteiger partial charge is 0.342 e. The Kier molecular flexibility index (Phi) is 15.7. The molecule has 0 unspecified atom stereocenters. The third-order valence-electron chi connectivity index (χ3n) is 2.71. The highest BCUT2D eigenvalue weighted by molar-refractivity contribution is 5.22. The van der Waals surface area contributed by atoms with Gasteiger partial charge in [0.05, 0.1) is 0 Å². The molecule has 0 aliphatic heterocycles. The van der Waals surface area contributed by atoms with Gasteiger partial charge in [-0.25, -0.2) is 0 Å². The number of allylic oxidation sites excluding steroid dienone is 6. The van der Waals surface area contributed by atoms with Crippen molar-refractivity contribution in [3.63, 3.8) is 0 Å². The van der Waals surface area contributed by atoms with E-state index in [9.17, 15) is 0 Å². The van der Waals surface area contributed by atoms with E-state index in [2.05, 4.69) is 30.9 Å². The first-order valence-corrected chi connectivity index (χ1v) is 8.07. The minimum absolute atomic E-state index is 0.420. The molecule has 0 fully saturated rings. The second-order valence-corrected chi connectivity index (χ2v) is 4.55. The summed E-state index contributed by atoms with van der Waals surface area (Å²) >= 11 is 0. The van der Waals surface area contributed by atoms with E-state index in [1.54, 1.807) is 6.08 Å². The Balaban J connectivity index is 3.83. The fourth-order valence-corrected chi connectivity index (χ4v) is 1.65. The van der Waals surface area contributed by atoms with E-state index in [-0.39, 0.29) is 0 Å². The SMILES string of the molecule is CCCCCCC=CC=CC=CC#CC(OCC)OCC. The van der Waals surface area contributed by atoms with Crippen LogP contribution in [-0.4, -0.2) is 19.5 Å². The van der Waals surface area contributed by atoms with Gasteiger partial charge in [0.15, 0.2) is 0 Å². The lowest BCUT2D eigenvalue weighted by Gasteiger charge is -2.09. The summed E-state index contributed by atoms with van der Waals surface area (Å²) in [4.78, 5) is 0. The Morgan fingerprint density at radius 1 is 0.857 bits per heavy atom. The highest BCUT2D eigenvalue weighted by Gasteiger charge is 2.00. The Hall–Kier alpha value is -1.30. The van der Waals surface area contributed by atoms with Gasteiger partial charge < -0.3 is 9.47 Å². The fourth-order valence-electron chi connectivity index (χ4n) is 1.65. The van der Waals surface area contributed by atoms with Gasteiger partial charge in [0.1, 0.15) is 0 Å². The van der Waals surface area contributed by atoms with E-state index in [4.69, 9.17) is 9.47 Å². The molecule has 0 aromatic heterocycles. The molecule has 0 heterocycles. The van der Waals surface area contributed by atoms with Crippen LogP contribution in [0.2, 0.25) is 0 Å². The van der Waals surface area contributed by atoms with Crippen molar-refractivity contribution in [3.05, 3.63) is 36.5 Å². The summed E-state index contributed by atoms with van der Waals surface area (Å²) in [6.07, 6.45) is 18.0. The van der Waals surface area contributed by atoms with Crippen LogP contribution in [0.4, 0.5) is 0 Å². The van der Waals surface area contributed by atoms with Crippen LogP contribution in [0.25, 0.3) is 0 Å². The van der Waals surface area contributed by atoms with Crippen LogP contribution in [0.1, 0.15) is 52.9 Å². The maximum atomic E-state index is 5.32. The minimum atomic E-state index is -0.420. The van der Waals surface area contributed by atoms with Crippen molar-refractivity contribution in [1.82, 2.24) is 0 Å². The van der Waals surface area contributed by atoms with Crippen LogP contribution in [-0.2, 0) is 9.47 Å². The Labute approximate surface area is 130 Å². The molecule has 0 aromatic rings. The van der Waals surface area contributed by atoms with E-state index in [0.29, 0.717) is 13.2 Å². The van der Waals surface area contributed by atoms with E-state index >= 15 is 0 Å². The first kappa shape index (κ1) is 19.7. The van der Waals surface area contributed by atoms with Gasteiger partial charge in [-0.15, -0.1) is 0 Å². The zero-order valence-corrected chi connectivity index (χ0v) is 13.8. The molecule has 0 N–H and O–H groups in total. The maximum Gasteiger partial charge on any atom is 0.222 e. The molecular weight excluding hydrogens is 260 g/mol. The topological polar surface area (TPSA) is 18.5 Å². The van der Waals surface area contributed by atoms with Gasteiger partial charge in [0, 0.05) is 13.2 Å². The number of hydrogen-bond donors (Lipinski definition) is 0. The Bertz CT molecular complexity index is 349. The van der Waals surface area contributed by atoms with Gasteiger partial charge in [0.2, 0.25) is 6.29 Å². The van der Waals surface area contributed by atoms with Crippen molar-refractivity contribution in [2.24, 2.45) is 0 Å². The summed E-state index contributed by atoms with van der Waals surface area (Å²) in [6, 6.07) is 0. The van der Waals surface area contributed by atoms with E-state index in [1.807, 2.05) is 32.1 Å². The zero-order valence-electron chi connectivity index (χ0n) is 13.8. The molecule has 0 spiro atoms. The molecule has 0 saturated heterocycles.